The molecule has 0 nitrogen and oxygen atoms in total. The van der Waals surface area contributed by atoms with Crippen molar-refractivity contribution in [1.82, 2.24) is 0 Å². The molecule has 0 amide bonds. The summed E-state index contributed by atoms with van der Waals surface area (Å²) >= 11 is -2.34. The van der Waals surface area contributed by atoms with E-state index >= 15 is 0 Å². The first-order valence-corrected chi connectivity index (χ1v) is 18.5. The van der Waals surface area contributed by atoms with Gasteiger partial charge < -0.3 is 0 Å². The van der Waals surface area contributed by atoms with E-state index in [-0.39, 0.29) is 0 Å². The van der Waals surface area contributed by atoms with Crippen LogP contribution in [0.15, 0.2) is 36.4 Å². The van der Waals surface area contributed by atoms with Crippen molar-refractivity contribution in [2.75, 3.05) is 0 Å². The molecule has 0 fully saturated rings. The Hall–Kier alpha value is -0.241. The molecule has 0 aliphatic rings. The van der Waals surface area contributed by atoms with Gasteiger partial charge in [-0.05, 0) is 0 Å². The van der Waals surface area contributed by atoms with Crippen LogP contribution in [-0.4, -0.2) is 18.4 Å². The second-order valence-corrected chi connectivity index (χ2v) is 20.8. The predicted octanol–water partition coefficient (Wildman–Crippen LogP) is 8.65. The molecule has 0 spiro atoms. The summed E-state index contributed by atoms with van der Waals surface area (Å²) in [5, 5.41) is 0. The summed E-state index contributed by atoms with van der Waals surface area (Å²) in [6.45, 7) is 9.44. The average molecular weight is 449 g/mol. The fourth-order valence-corrected chi connectivity index (χ4v) is 21.2. The van der Waals surface area contributed by atoms with E-state index in [4.69, 9.17) is 0 Å². The molecule has 0 N–H and O–H groups in total. The van der Waals surface area contributed by atoms with E-state index < -0.39 is 18.4 Å². The van der Waals surface area contributed by atoms with Gasteiger partial charge in [-0.15, -0.1) is 0 Å². The first-order chi connectivity index (χ1) is 12.2. The van der Waals surface area contributed by atoms with Gasteiger partial charge in [0.25, 0.3) is 0 Å². The Morgan fingerprint density at radius 1 is 0.720 bits per heavy atom. The molecule has 1 rings (SSSR count). The van der Waals surface area contributed by atoms with Crippen LogP contribution in [0.1, 0.15) is 91.0 Å². The van der Waals surface area contributed by atoms with Crippen molar-refractivity contribution >= 4 is 22.0 Å². The zero-order valence-electron chi connectivity index (χ0n) is 17.4. The van der Waals surface area contributed by atoms with Gasteiger partial charge in [-0.25, -0.2) is 0 Å². The van der Waals surface area contributed by atoms with Crippen molar-refractivity contribution in [3.8, 4) is 0 Å². The molecular weight excluding hydrogens is 407 g/mol. The number of allylic oxidation sites excluding steroid dienone is 1. The maximum atomic E-state index is 2.70. The Balaban J connectivity index is 3.28. The molecule has 0 aromatic heterocycles. The molecule has 0 radical (unpaired) electrons. The van der Waals surface area contributed by atoms with Gasteiger partial charge >= 0.3 is 163 Å². The second kappa shape index (κ2) is 13.9. The van der Waals surface area contributed by atoms with Gasteiger partial charge in [0.2, 0.25) is 0 Å². The van der Waals surface area contributed by atoms with Gasteiger partial charge in [0.05, 0.1) is 0 Å². The van der Waals surface area contributed by atoms with Crippen LogP contribution < -0.4 is 0 Å². The van der Waals surface area contributed by atoms with Crippen LogP contribution in [0.3, 0.4) is 0 Å². The van der Waals surface area contributed by atoms with Crippen LogP contribution >= 0.6 is 0 Å². The first-order valence-electron chi connectivity index (χ1n) is 11.0. The van der Waals surface area contributed by atoms with E-state index in [0.717, 1.165) is 0 Å². The van der Waals surface area contributed by atoms with Gasteiger partial charge in [-0.3, -0.25) is 0 Å². The van der Waals surface area contributed by atoms with Crippen molar-refractivity contribution < 1.29 is 0 Å². The topological polar surface area (TPSA) is 0 Å². The third-order valence-electron chi connectivity index (χ3n) is 5.59. The van der Waals surface area contributed by atoms with Crippen LogP contribution in [0.4, 0.5) is 0 Å². The fourth-order valence-electron chi connectivity index (χ4n) is 4.03. The standard InChI is InChI=1S/C12H15.3C4H9.Sn/c1-2-3-4-6-9-12-10-7-5-8-11-12;3*1-3-4-2;/h5-8,10-11H,2-4H2,1H3;3*1,3-4H2,2H3;. The van der Waals surface area contributed by atoms with E-state index in [1.165, 1.54) is 57.8 Å². The summed E-state index contributed by atoms with van der Waals surface area (Å²) in [6, 6.07) is 11.5. The van der Waals surface area contributed by atoms with Crippen LogP contribution in [-0.2, 0) is 0 Å². The Bertz CT molecular complexity index is 438. The van der Waals surface area contributed by atoms with Crippen LogP contribution in [0.2, 0.25) is 13.3 Å². The van der Waals surface area contributed by atoms with Gasteiger partial charge in [0, 0.05) is 0 Å². The Morgan fingerprint density at radius 2 is 1.20 bits per heavy atom. The monoisotopic (exact) mass is 450 g/mol. The number of unbranched alkanes of at least 4 members (excludes halogenated alkanes) is 5. The van der Waals surface area contributed by atoms with E-state index in [9.17, 15) is 0 Å². The third kappa shape index (κ3) is 7.89. The molecule has 25 heavy (non-hydrogen) atoms. The molecule has 0 unspecified atom stereocenters. The van der Waals surface area contributed by atoms with Crippen molar-refractivity contribution in [2.24, 2.45) is 0 Å². The summed E-state index contributed by atoms with van der Waals surface area (Å²) in [5.74, 6) is 0. The Kier molecular flexibility index (Phi) is 12.7. The normalized spacial score (nSPS) is 12.6. The van der Waals surface area contributed by atoms with Gasteiger partial charge in [0.15, 0.2) is 0 Å². The molecule has 0 saturated heterocycles. The summed E-state index contributed by atoms with van der Waals surface area (Å²) in [6.07, 6.45) is 15.0. The second-order valence-electron chi connectivity index (χ2n) is 7.72. The van der Waals surface area contributed by atoms with Crippen LogP contribution in [0.25, 0.3) is 3.59 Å². The molecule has 0 aliphatic carbocycles. The van der Waals surface area contributed by atoms with Gasteiger partial charge in [0.1, 0.15) is 0 Å². The zero-order chi connectivity index (χ0) is 18.4. The van der Waals surface area contributed by atoms with Crippen LogP contribution in [0.5, 0.6) is 0 Å². The Labute approximate surface area is 162 Å². The quantitative estimate of drug-likeness (QED) is 0.197. The van der Waals surface area contributed by atoms with Crippen molar-refractivity contribution in [3.63, 3.8) is 0 Å². The molecule has 1 aromatic rings. The molecular formula is C24H42Sn. The number of rotatable bonds is 14. The van der Waals surface area contributed by atoms with Crippen molar-refractivity contribution in [2.45, 2.75) is 98.8 Å². The molecule has 0 saturated carbocycles. The van der Waals surface area contributed by atoms with E-state index in [1.54, 1.807) is 18.9 Å². The minimum absolute atomic E-state index is 1.28. The molecule has 0 heterocycles. The molecule has 1 heteroatoms. The summed E-state index contributed by atoms with van der Waals surface area (Å²) in [7, 11) is 0. The SMILES string of the molecule is CCCC/C=[C](\c1ccccc1)[Sn]([CH2]CCC)([CH2]CCC)[CH2]CCC. The van der Waals surface area contributed by atoms with E-state index in [2.05, 4.69) is 64.1 Å². The molecule has 0 aliphatic heterocycles. The van der Waals surface area contributed by atoms with Crippen LogP contribution in [0, 0.1) is 0 Å². The minimum atomic E-state index is -2.34. The predicted molar refractivity (Wildman–Crippen MR) is 119 cm³/mol. The van der Waals surface area contributed by atoms with Gasteiger partial charge in [-0.2, -0.15) is 0 Å². The molecule has 142 valence electrons. The summed E-state index contributed by atoms with van der Waals surface area (Å²) < 4.78 is 6.58. The third-order valence-corrected chi connectivity index (χ3v) is 21.5. The Morgan fingerprint density at radius 3 is 1.64 bits per heavy atom. The number of benzene rings is 1. The molecule has 1 aromatic carbocycles. The number of hydrogen-bond acceptors (Lipinski definition) is 0. The molecule has 0 bridgehead atoms. The maximum absolute atomic E-state index is 2.70. The summed E-state index contributed by atoms with van der Waals surface area (Å²) in [4.78, 5) is 0. The molecule has 0 atom stereocenters. The van der Waals surface area contributed by atoms with Crippen molar-refractivity contribution in [3.05, 3.63) is 42.0 Å². The summed E-state index contributed by atoms with van der Waals surface area (Å²) in [5.41, 5.74) is 1.57. The average Bonchev–Trinajstić information content (AvgIpc) is 2.66. The van der Waals surface area contributed by atoms with Crippen molar-refractivity contribution in [1.29, 1.82) is 0 Å². The van der Waals surface area contributed by atoms with E-state index in [0.29, 0.717) is 0 Å². The van der Waals surface area contributed by atoms with E-state index in [1.807, 2.05) is 3.59 Å². The first kappa shape index (κ1) is 22.8. The number of hydrogen-bond donors (Lipinski definition) is 0. The fraction of sp³-hybridized carbons (Fsp3) is 0.667. The zero-order valence-corrected chi connectivity index (χ0v) is 20.3. The van der Waals surface area contributed by atoms with Gasteiger partial charge in [-0.1, -0.05) is 0 Å².